The Morgan fingerprint density at radius 3 is 2.37 bits per heavy atom. The molecule has 0 fully saturated rings. The van der Waals surface area contributed by atoms with E-state index in [1.165, 1.54) is 12.1 Å². The first kappa shape index (κ1) is 16.2. The van der Waals surface area contributed by atoms with Gasteiger partial charge in [-0.3, -0.25) is 0 Å². The van der Waals surface area contributed by atoms with Gasteiger partial charge < -0.3 is 10.6 Å². The maximum Gasteiger partial charge on any atom is 0.149 e. The van der Waals surface area contributed by atoms with Crippen LogP contribution in [0, 0.1) is 11.6 Å². The number of nitrogens with two attached hydrogens (primary N) is 1. The smallest absolute Gasteiger partial charge is 0.149 e. The molecule has 0 bridgehead atoms. The molecule has 0 saturated carbocycles. The Kier molecular flexibility index (Phi) is 6.58. The summed E-state index contributed by atoms with van der Waals surface area (Å²) < 4.78 is 28.1. The van der Waals surface area contributed by atoms with Gasteiger partial charge in [0.2, 0.25) is 0 Å². The minimum absolute atomic E-state index is 0.0503. The fourth-order valence-corrected chi connectivity index (χ4v) is 2.55. The fourth-order valence-electron chi connectivity index (χ4n) is 1.97. The van der Waals surface area contributed by atoms with Crippen LogP contribution in [0.4, 0.5) is 14.5 Å². The van der Waals surface area contributed by atoms with Crippen LogP contribution in [0.15, 0.2) is 12.1 Å². The van der Waals surface area contributed by atoms with Gasteiger partial charge in [-0.1, -0.05) is 0 Å². The summed E-state index contributed by atoms with van der Waals surface area (Å²) >= 11 is 1.73. The number of rotatable bonds is 7. The first-order valence-corrected chi connectivity index (χ1v) is 7.80. The van der Waals surface area contributed by atoms with Crippen LogP contribution >= 0.6 is 11.8 Å². The quantitative estimate of drug-likeness (QED) is 0.836. The maximum atomic E-state index is 14.0. The molecule has 1 rings (SSSR count). The SMILES string of the molecule is CSCCC(C)N(C)c1c(F)cc(CCN)cc1F. The lowest BCUT2D eigenvalue weighted by Crippen LogP contribution is -2.31. The zero-order valence-electron chi connectivity index (χ0n) is 11.7. The van der Waals surface area contributed by atoms with E-state index >= 15 is 0 Å². The largest absolute Gasteiger partial charge is 0.367 e. The minimum Gasteiger partial charge on any atom is -0.367 e. The monoisotopic (exact) mass is 288 g/mol. The molecule has 1 unspecified atom stereocenters. The number of anilines is 1. The molecule has 108 valence electrons. The highest BCUT2D eigenvalue weighted by molar-refractivity contribution is 7.98. The van der Waals surface area contributed by atoms with E-state index in [1.807, 2.05) is 13.2 Å². The van der Waals surface area contributed by atoms with Crippen molar-refractivity contribution < 1.29 is 8.78 Å². The van der Waals surface area contributed by atoms with Gasteiger partial charge in [0.25, 0.3) is 0 Å². The molecule has 0 spiro atoms. The van der Waals surface area contributed by atoms with Crippen molar-refractivity contribution in [1.82, 2.24) is 0 Å². The summed E-state index contributed by atoms with van der Waals surface area (Å²) in [4.78, 5) is 1.67. The van der Waals surface area contributed by atoms with E-state index in [9.17, 15) is 8.78 Å². The number of hydrogen-bond acceptors (Lipinski definition) is 3. The molecule has 2 nitrogen and oxygen atoms in total. The molecule has 1 aromatic carbocycles. The van der Waals surface area contributed by atoms with Crippen LogP contribution < -0.4 is 10.6 Å². The summed E-state index contributed by atoms with van der Waals surface area (Å²) in [7, 11) is 1.73. The second-order valence-corrected chi connectivity index (χ2v) is 5.67. The summed E-state index contributed by atoms with van der Waals surface area (Å²) in [5.74, 6) is -0.0519. The topological polar surface area (TPSA) is 29.3 Å². The zero-order chi connectivity index (χ0) is 14.4. The third-order valence-corrected chi connectivity index (χ3v) is 3.91. The Balaban J connectivity index is 2.93. The number of thioether (sulfide) groups is 1. The summed E-state index contributed by atoms with van der Waals surface area (Å²) in [6.07, 6.45) is 3.40. The van der Waals surface area contributed by atoms with Crippen molar-refractivity contribution >= 4 is 17.4 Å². The van der Waals surface area contributed by atoms with Crippen LogP contribution in [-0.4, -0.2) is 31.6 Å². The minimum atomic E-state index is -0.512. The van der Waals surface area contributed by atoms with Crippen LogP contribution in [0.3, 0.4) is 0 Å². The molecule has 0 heterocycles. The van der Waals surface area contributed by atoms with Gasteiger partial charge in [0, 0.05) is 13.1 Å². The van der Waals surface area contributed by atoms with Gasteiger partial charge >= 0.3 is 0 Å². The van der Waals surface area contributed by atoms with E-state index in [2.05, 4.69) is 0 Å². The van der Waals surface area contributed by atoms with E-state index in [0.717, 1.165) is 12.2 Å². The normalized spacial score (nSPS) is 12.5. The molecule has 0 aliphatic heterocycles. The van der Waals surface area contributed by atoms with Gasteiger partial charge in [0.05, 0.1) is 0 Å². The molecule has 2 N–H and O–H groups in total. The second-order valence-electron chi connectivity index (χ2n) is 4.69. The van der Waals surface area contributed by atoms with Crippen LogP contribution in [0.5, 0.6) is 0 Å². The second kappa shape index (κ2) is 7.70. The van der Waals surface area contributed by atoms with Gasteiger partial charge in [0.15, 0.2) is 0 Å². The molecule has 0 radical (unpaired) electrons. The first-order valence-electron chi connectivity index (χ1n) is 6.41. The molecule has 5 heteroatoms. The zero-order valence-corrected chi connectivity index (χ0v) is 12.6. The summed E-state index contributed by atoms with van der Waals surface area (Å²) in [5.41, 5.74) is 6.06. The Bertz CT molecular complexity index is 389. The fraction of sp³-hybridized carbons (Fsp3) is 0.571. The van der Waals surface area contributed by atoms with Crippen LogP contribution in [0.2, 0.25) is 0 Å². The van der Waals surface area contributed by atoms with Crippen molar-refractivity contribution in [3.63, 3.8) is 0 Å². The van der Waals surface area contributed by atoms with Gasteiger partial charge in [0.1, 0.15) is 17.3 Å². The number of hydrogen-bond donors (Lipinski definition) is 1. The Morgan fingerprint density at radius 1 is 1.32 bits per heavy atom. The van der Waals surface area contributed by atoms with Crippen LogP contribution in [0.1, 0.15) is 18.9 Å². The molecule has 1 aromatic rings. The van der Waals surface area contributed by atoms with E-state index in [4.69, 9.17) is 5.73 Å². The highest BCUT2D eigenvalue weighted by atomic mass is 32.2. The number of nitrogens with zero attached hydrogens (tertiary/aromatic N) is 1. The average Bonchev–Trinajstić information content (AvgIpc) is 2.35. The van der Waals surface area contributed by atoms with Crippen molar-refractivity contribution in [1.29, 1.82) is 0 Å². The molecular formula is C14H22F2N2S. The number of benzene rings is 1. The summed E-state index contributed by atoms with van der Waals surface area (Å²) in [5, 5.41) is 0. The molecule has 0 aliphatic carbocycles. The van der Waals surface area contributed by atoms with Crippen LogP contribution in [0.25, 0.3) is 0 Å². The van der Waals surface area contributed by atoms with Crippen molar-refractivity contribution in [3.8, 4) is 0 Å². The van der Waals surface area contributed by atoms with Gasteiger partial charge in [-0.25, -0.2) is 8.78 Å². The van der Waals surface area contributed by atoms with E-state index in [0.29, 0.717) is 18.5 Å². The highest BCUT2D eigenvalue weighted by Gasteiger charge is 2.19. The molecule has 0 amide bonds. The predicted molar refractivity (Wildman–Crippen MR) is 80.0 cm³/mol. The standard InChI is InChI=1S/C14H22F2N2S/c1-10(5-7-19-3)18(2)14-12(15)8-11(4-6-17)9-13(14)16/h8-10H,4-7,17H2,1-3H3. The van der Waals surface area contributed by atoms with Crippen molar-refractivity contribution in [2.24, 2.45) is 5.73 Å². The van der Waals surface area contributed by atoms with Gasteiger partial charge in [-0.05, 0) is 56.0 Å². The first-order chi connectivity index (χ1) is 9.01. The molecular weight excluding hydrogens is 266 g/mol. The third-order valence-electron chi connectivity index (χ3n) is 3.26. The molecule has 1 atom stereocenters. The molecule has 19 heavy (non-hydrogen) atoms. The lowest BCUT2D eigenvalue weighted by Gasteiger charge is -2.28. The molecule has 0 saturated heterocycles. The molecule has 0 aromatic heterocycles. The number of halogens is 2. The van der Waals surface area contributed by atoms with Crippen molar-refractivity contribution in [2.45, 2.75) is 25.8 Å². The lowest BCUT2D eigenvalue weighted by molar-refractivity contribution is 0.555. The Labute approximate surface area is 118 Å². The lowest BCUT2D eigenvalue weighted by atomic mass is 10.1. The van der Waals surface area contributed by atoms with E-state index in [1.54, 1.807) is 23.7 Å². The average molecular weight is 288 g/mol. The predicted octanol–water partition coefficient (Wildman–Crippen LogP) is 3.04. The summed E-state index contributed by atoms with van der Waals surface area (Å²) in [6.45, 7) is 2.36. The third kappa shape index (κ3) is 4.35. The van der Waals surface area contributed by atoms with E-state index < -0.39 is 11.6 Å². The summed E-state index contributed by atoms with van der Waals surface area (Å²) in [6, 6.07) is 2.85. The highest BCUT2D eigenvalue weighted by Crippen LogP contribution is 2.26. The maximum absolute atomic E-state index is 14.0. The van der Waals surface area contributed by atoms with Crippen molar-refractivity contribution in [3.05, 3.63) is 29.3 Å². The van der Waals surface area contributed by atoms with Gasteiger partial charge in [-0.15, -0.1) is 0 Å². The Morgan fingerprint density at radius 2 is 1.89 bits per heavy atom. The van der Waals surface area contributed by atoms with E-state index in [-0.39, 0.29) is 11.7 Å². The Hall–Kier alpha value is -0.810. The van der Waals surface area contributed by atoms with Gasteiger partial charge in [-0.2, -0.15) is 11.8 Å². The molecule has 0 aliphatic rings. The van der Waals surface area contributed by atoms with Crippen molar-refractivity contribution in [2.75, 3.05) is 30.5 Å². The van der Waals surface area contributed by atoms with Crippen LogP contribution in [-0.2, 0) is 6.42 Å².